The van der Waals surface area contributed by atoms with Crippen LogP contribution in [-0.4, -0.2) is 66.8 Å². The van der Waals surface area contributed by atoms with E-state index in [1.165, 1.54) is 0 Å². The van der Waals surface area contributed by atoms with Gasteiger partial charge in [-0.05, 0) is 33.1 Å². The molecule has 2 fully saturated rings. The lowest BCUT2D eigenvalue weighted by Crippen LogP contribution is -2.52. The van der Waals surface area contributed by atoms with Crippen LogP contribution in [0.4, 0.5) is 4.79 Å². The first-order valence-corrected chi connectivity index (χ1v) is 7.18. The highest BCUT2D eigenvalue weighted by Gasteiger charge is 2.34. The zero-order valence-electron chi connectivity index (χ0n) is 12.6. The lowest BCUT2D eigenvalue weighted by atomic mass is 9.96. The second-order valence-corrected chi connectivity index (χ2v) is 6.47. The Hall–Kier alpha value is -1.30. The van der Waals surface area contributed by atoms with Crippen LogP contribution in [0.1, 0.15) is 27.2 Å². The molecule has 20 heavy (non-hydrogen) atoms. The van der Waals surface area contributed by atoms with Crippen molar-refractivity contribution in [1.29, 1.82) is 0 Å². The number of likely N-dealkylation sites (tertiary alicyclic amines) is 1. The third kappa shape index (κ3) is 4.10. The second-order valence-electron chi connectivity index (χ2n) is 6.47. The fourth-order valence-corrected chi connectivity index (χ4v) is 2.35. The molecule has 0 radical (unpaired) electrons. The number of carbonyl (C=O) groups is 2. The zero-order valence-corrected chi connectivity index (χ0v) is 12.6. The molecule has 0 N–H and O–H groups in total. The largest absolute Gasteiger partial charge is 0.444 e. The van der Waals surface area contributed by atoms with Crippen LogP contribution in [-0.2, 0) is 14.3 Å². The van der Waals surface area contributed by atoms with Crippen LogP contribution < -0.4 is 0 Å². The minimum Gasteiger partial charge on any atom is -0.444 e. The van der Waals surface area contributed by atoms with Crippen molar-refractivity contribution in [3.8, 4) is 0 Å². The molecule has 2 saturated heterocycles. The lowest BCUT2D eigenvalue weighted by Gasteiger charge is -2.40. The topological polar surface area (TPSA) is 59.1 Å². The summed E-state index contributed by atoms with van der Waals surface area (Å²) < 4.78 is 10.4. The third-order valence-corrected chi connectivity index (χ3v) is 3.50. The first-order chi connectivity index (χ1) is 9.35. The number of morpholine rings is 1. The monoisotopic (exact) mass is 284 g/mol. The summed E-state index contributed by atoms with van der Waals surface area (Å²) in [5.41, 5.74) is -0.442. The summed E-state index contributed by atoms with van der Waals surface area (Å²) in [7, 11) is 0. The van der Waals surface area contributed by atoms with E-state index in [0.29, 0.717) is 19.1 Å². The van der Waals surface area contributed by atoms with Gasteiger partial charge in [-0.15, -0.1) is 0 Å². The first kappa shape index (κ1) is 15.1. The molecule has 2 rings (SSSR count). The van der Waals surface area contributed by atoms with Gasteiger partial charge in [0.05, 0.1) is 6.61 Å². The lowest BCUT2D eigenvalue weighted by molar-refractivity contribution is -0.143. The molecule has 2 amide bonds. The van der Waals surface area contributed by atoms with E-state index in [0.717, 1.165) is 26.1 Å². The number of ether oxygens (including phenoxy) is 2. The fraction of sp³-hybridized carbons (Fsp3) is 0.857. The maximum absolute atomic E-state index is 11.8. The Kier molecular flexibility index (Phi) is 4.52. The Bertz CT molecular complexity index is 372. The van der Waals surface area contributed by atoms with Gasteiger partial charge >= 0.3 is 6.09 Å². The Labute approximate surface area is 120 Å². The molecule has 0 aromatic rings. The maximum atomic E-state index is 11.8. The molecule has 2 aliphatic heterocycles. The predicted octanol–water partition coefficient (Wildman–Crippen LogP) is 1.10. The van der Waals surface area contributed by atoms with Crippen molar-refractivity contribution in [1.82, 2.24) is 9.80 Å². The molecule has 6 nitrogen and oxygen atoms in total. The van der Waals surface area contributed by atoms with Crippen LogP contribution in [0.15, 0.2) is 0 Å². The molecule has 114 valence electrons. The van der Waals surface area contributed by atoms with Gasteiger partial charge in [0, 0.05) is 26.2 Å². The minimum atomic E-state index is -0.442. The molecule has 0 bridgehead atoms. The van der Waals surface area contributed by atoms with Gasteiger partial charge < -0.3 is 19.3 Å². The Morgan fingerprint density at radius 2 is 2.10 bits per heavy atom. The standard InChI is InChI=1S/C14H24N2O4/c1-14(2,3)20-13(18)16-8-11(9-16)4-5-15-6-7-19-10-12(15)17/h11H,4-10H2,1-3H3. The van der Waals surface area contributed by atoms with E-state index in [-0.39, 0.29) is 18.6 Å². The summed E-state index contributed by atoms with van der Waals surface area (Å²) in [6, 6.07) is 0. The predicted molar refractivity (Wildman–Crippen MR) is 73.3 cm³/mol. The first-order valence-electron chi connectivity index (χ1n) is 7.18. The van der Waals surface area contributed by atoms with Crippen molar-refractivity contribution in [2.45, 2.75) is 32.8 Å². The Balaban J connectivity index is 1.64. The van der Waals surface area contributed by atoms with E-state index in [4.69, 9.17) is 9.47 Å². The van der Waals surface area contributed by atoms with Crippen molar-refractivity contribution in [2.24, 2.45) is 5.92 Å². The normalized spacial score (nSPS) is 20.9. The van der Waals surface area contributed by atoms with E-state index < -0.39 is 5.60 Å². The van der Waals surface area contributed by atoms with Crippen LogP contribution in [0.3, 0.4) is 0 Å². The molecule has 0 aromatic heterocycles. The highest BCUT2D eigenvalue weighted by Crippen LogP contribution is 2.22. The summed E-state index contributed by atoms with van der Waals surface area (Å²) in [6.07, 6.45) is 0.696. The molecule has 2 heterocycles. The molecule has 2 aliphatic rings. The van der Waals surface area contributed by atoms with E-state index in [1.54, 1.807) is 4.90 Å². The molecule has 0 aromatic carbocycles. The summed E-state index contributed by atoms with van der Waals surface area (Å²) in [5, 5.41) is 0. The van der Waals surface area contributed by atoms with Gasteiger partial charge in [-0.2, -0.15) is 0 Å². The third-order valence-electron chi connectivity index (χ3n) is 3.50. The van der Waals surface area contributed by atoms with Crippen LogP contribution in [0, 0.1) is 5.92 Å². The maximum Gasteiger partial charge on any atom is 0.410 e. The smallest absolute Gasteiger partial charge is 0.410 e. The van der Waals surface area contributed by atoms with Gasteiger partial charge in [-0.1, -0.05) is 0 Å². The van der Waals surface area contributed by atoms with E-state index in [1.807, 2.05) is 25.7 Å². The van der Waals surface area contributed by atoms with Crippen LogP contribution in [0.25, 0.3) is 0 Å². The highest BCUT2D eigenvalue weighted by molar-refractivity contribution is 5.77. The molecule has 0 aliphatic carbocycles. The number of nitrogens with zero attached hydrogens (tertiary/aromatic N) is 2. The SMILES string of the molecule is CC(C)(C)OC(=O)N1CC(CCN2CCOCC2=O)C1. The second kappa shape index (κ2) is 5.99. The highest BCUT2D eigenvalue weighted by atomic mass is 16.6. The molecule has 0 atom stereocenters. The van der Waals surface area contributed by atoms with Crippen LogP contribution in [0.2, 0.25) is 0 Å². The van der Waals surface area contributed by atoms with Gasteiger partial charge in [0.25, 0.3) is 0 Å². The number of hydrogen-bond acceptors (Lipinski definition) is 4. The molecule has 0 saturated carbocycles. The van der Waals surface area contributed by atoms with Crippen LogP contribution >= 0.6 is 0 Å². The van der Waals surface area contributed by atoms with Crippen molar-refractivity contribution in [3.63, 3.8) is 0 Å². The van der Waals surface area contributed by atoms with Gasteiger partial charge in [-0.3, -0.25) is 4.79 Å². The molecule has 6 heteroatoms. The Morgan fingerprint density at radius 1 is 1.40 bits per heavy atom. The van der Waals surface area contributed by atoms with Gasteiger partial charge in [0.15, 0.2) is 0 Å². The fourth-order valence-electron chi connectivity index (χ4n) is 2.35. The zero-order chi connectivity index (χ0) is 14.8. The van der Waals surface area contributed by atoms with Crippen molar-refractivity contribution >= 4 is 12.0 Å². The molecule has 0 unspecified atom stereocenters. The van der Waals surface area contributed by atoms with Gasteiger partial charge in [0.1, 0.15) is 12.2 Å². The summed E-state index contributed by atoms with van der Waals surface area (Å²) in [5.74, 6) is 0.540. The minimum absolute atomic E-state index is 0.0690. The van der Waals surface area contributed by atoms with Gasteiger partial charge in [0.2, 0.25) is 5.91 Å². The number of carbonyl (C=O) groups excluding carboxylic acids is 2. The summed E-state index contributed by atoms with van der Waals surface area (Å²) in [4.78, 5) is 26.9. The quantitative estimate of drug-likeness (QED) is 0.779. The molecule has 0 spiro atoms. The summed E-state index contributed by atoms with van der Waals surface area (Å²) in [6.45, 7) is 9.33. The van der Waals surface area contributed by atoms with Crippen molar-refractivity contribution in [3.05, 3.63) is 0 Å². The Morgan fingerprint density at radius 3 is 2.70 bits per heavy atom. The average Bonchev–Trinajstić information content (AvgIpc) is 2.26. The van der Waals surface area contributed by atoms with Crippen LogP contribution in [0.5, 0.6) is 0 Å². The van der Waals surface area contributed by atoms with Crippen molar-refractivity contribution in [2.75, 3.05) is 39.4 Å². The van der Waals surface area contributed by atoms with Crippen molar-refractivity contribution < 1.29 is 19.1 Å². The van der Waals surface area contributed by atoms with E-state index in [2.05, 4.69) is 0 Å². The van der Waals surface area contributed by atoms with E-state index in [9.17, 15) is 9.59 Å². The van der Waals surface area contributed by atoms with E-state index >= 15 is 0 Å². The molecular formula is C14H24N2O4. The van der Waals surface area contributed by atoms with Gasteiger partial charge in [-0.25, -0.2) is 4.79 Å². The number of rotatable bonds is 3. The number of hydrogen-bond donors (Lipinski definition) is 0. The molecular weight excluding hydrogens is 260 g/mol. The number of amides is 2. The summed E-state index contributed by atoms with van der Waals surface area (Å²) >= 11 is 0. The average molecular weight is 284 g/mol.